The van der Waals surface area contributed by atoms with Crippen molar-refractivity contribution >= 4 is 0 Å². The molecule has 0 bridgehead atoms. The summed E-state index contributed by atoms with van der Waals surface area (Å²) in [6, 6.07) is -0.298. The Balaban J connectivity index is 2.16. The summed E-state index contributed by atoms with van der Waals surface area (Å²) in [5.74, 6) is -0.433. The van der Waals surface area contributed by atoms with Gasteiger partial charge in [-0.25, -0.2) is 0 Å². The standard InChI is InChI=1S/C7H13NO4/c9-1-3-4-5(10)6(11)7(4,12)2-8-3/h3-6,8-12H,1-2H2. The quantitative estimate of drug-likeness (QED) is 0.293. The smallest absolute Gasteiger partial charge is 0.112 e. The minimum absolute atomic E-state index is 0.128. The molecular formula is C7H13NO4. The number of β-amino-alcohol motifs (C(OH)–C–C–N with tert-alkyl or cyclic N) is 1. The van der Waals surface area contributed by atoms with E-state index >= 15 is 0 Å². The van der Waals surface area contributed by atoms with Crippen LogP contribution in [-0.4, -0.2) is 57.4 Å². The average Bonchev–Trinajstić information content (AvgIpc) is 2.39. The fraction of sp³-hybridized carbons (Fsp3) is 1.00. The second-order valence-electron chi connectivity index (χ2n) is 3.62. The van der Waals surface area contributed by atoms with Gasteiger partial charge in [0, 0.05) is 18.5 Å². The van der Waals surface area contributed by atoms with E-state index in [2.05, 4.69) is 5.32 Å². The molecule has 5 nitrogen and oxygen atoms in total. The summed E-state index contributed by atoms with van der Waals surface area (Å²) in [5.41, 5.74) is -1.23. The zero-order valence-electron chi connectivity index (χ0n) is 6.51. The summed E-state index contributed by atoms with van der Waals surface area (Å²) >= 11 is 0. The Morgan fingerprint density at radius 2 is 2.08 bits per heavy atom. The van der Waals surface area contributed by atoms with Gasteiger partial charge in [0.25, 0.3) is 0 Å². The van der Waals surface area contributed by atoms with E-state index in [1.165, 1.54) is 0 Å². The zero-order chi connectivity index (χ0) is 8.93. The Hall–Kier alpha value is -0.200. The summed E-state index contributed by atoms with van der Waals surface area (Å²) in [5, 5.41) is 39.9. The predicted molar refractivity (Wildman–Crippen MR) is 39.3 cm³/mol. The highest BCUT2D eigenvalue weighted by Gasteiger charge is 2.66. The Kier molecular flexibility index (Phi) is 1.68. The van der Waals surface area contributed by atoms with Crippen LogP contribution in [0.3, 0.4) is 0 Å². The van der Waals surface area contributed by atoms with E-state index < -0.39 is 23.7 Å². The van der Waals surface area contributed by atoms with E-state index in [1.807, 2.05) is 0 Å². The van der Waals surface area contributed by atoms with Crippen LogP contribution in [0, 0.1) is 5.92 Å². The molecule has 0 aromatic heterocycles. The van der Waals surface area contributed by atoms with E-state index in [9.17, 15) is 15.3 Å². The van der Waals surface area contributed by atoms with Crippen LogP contribution in [0.2, 0.25) is 0 Å². The Bertz CT molecular complexity index is 200. The maximum atomic E-state index is 9.71. The van der Waals surface area contributed by atoms with Crippen molar-refractivity contribution in [1.29, 1.82) is 0 Å². The second kappa shape index (κ2) is 2.40. The van der Waals surface area contributed by atoms with Gasteiger partial charge in [0.2, 0.25) is 0 Å². The van der Waals surface area contributed by atoms with Crippen molar-refractivity contribution in [3.8, 4) is 0 Å². The highest BCUT2D eigenvalue weighted by Crippen LogP contribution is 2.44. The number of aliphatic hydroxyl groups is 4. The molecule has 5 N–H and O–H groups in total. The molecular weight excluding hydrogens is 162 g/mol. The van der Waals surface area contributed by atoms with Gasteiger partial charge in [-0.2, -0.15) is 0 Å². The summed E-state index contributed by atoms with van der Waals surface area (Å²) < 4.78 is 0. The lowest BCUT2D eigenvalue weighted by Gasteiger charge is -2.50. The van der Waals surface area contributed by atoms with Gasteiger partial charge >= 0.3 is 0 Å². The molecule has 5 atom stereocenters. The molecule has 1 aliphatic heterocycles. The van der Waals surface area contributed by atoms with Crippen LogP contribution in [0.4, 0.5) is 0 Å². The van der Waals surface area contributed by atoms with Crippen molar-refractivity contribution in [2.45, 2.75) is 23.9 Å². The highest BCUT2D eigenvalue weighted by atomic mass is 16.4. The van der Waals surface area contributed by atoms with Crippen LogP contribution in [0.5, 0.6) is 0 Å². The van der Waals surface area contributed by atoms with Crippen LogP contribution in [0.25, 0.3) is 0 Å². The molecule has 1 saturated carbocycles. The van der Waals surface area contributed by atoms with E-state index in [1.54, 1.807) is 0 Å². The molecule has 1 saturated heterocycles. The van der Waals surface area contributed by atoms with E-state index in [4.69, 9.17) is 5.11 Å². The van der Waals surface area contributed by atoms with Crippen molar-refractivity contribution in [1.82, 2.24) is 5.32 Å². The van der Waals surface area contributed by atoms with Gasteiger partial charge in [-0.3, -0.25) is 0 Å². The third kappa shape index (κ3) is 0.750. The summed E-state index contributed by atoms with van der Waals surface area (Å²) in [4.78, 5) is 0. The summed E-state index contributed by atoms with van der Waals surface area (Å²) in [7, 11) is 0. The number of rotatable bonds is 1. The van der Waals surface area contributed by atoms with Crippen LogP contribution in [-0.2, 0) is 0 Å². The topological polar surface area (TPSA) is 93.0 Å². The zero-order valence-corrected chi connectivity index (χ0v) is 6.51. The normalized spacial score (nSPS) is 58.0. The van der Waals surface area contributed by atoms with Crippen molar-refractivity contribution in [2.75, 3.05) is 13.2 Å². The van der Waals surface area contributed by atoms with Crippen molar-refractivity contribution in [3.63, 3.8) is 0 Å². The molecule has 12 heavy (non-hydrogen) atoms. The first-order valence-electron chi connectivity index (χ1n) is 4.04. The van der Waals surface area contributed by atoms with Crippen LogP contribution < -0.4 is 5.32 Å². The van der Waals surface area contributed by atoms with Gasteiger partial charge in [-0.05, 0) is 0 Å². The maximum Gasteiger partial charge on any atom is 0.112 e. The first-order chi connectivity index (χ1) is 5.61. The Labute approximate surface area is 69.6 Å². The molecule has 5 heteroatoms. The Morgan fingerprint density at radius 1 is 1.42 bits per heavy atom. The average molecular weight is 175 g/mol. The van der Waals surface area contributed by atoms with Gasteiger partial charge in [-0.15, -0.1) is 0 Å². The molecule has 0 amide bonds. The maximum absolute atomic E-state index is 9.71. The van der Waals surface area contributed by atoms with Gasteiger partial charge in [0.1, 0.15) is 11.7 Å². The molecule has 0 aromatic carbocycles. The lowest BCUT2D eigenvalue weighted by Crippen LogP contribution is -2.70. The highest BCUT2D eigenvalue weighted by molar-refractivity contribution is 5.19. The molecule has 5 unspecified atom stereocenters. The first-order valence-corrected chi connectivity index (χ1v) is 4.04. The monoisotopic (exact) mass is 175 g/mol. The number of aliphatic hydroxyl groups excluding tert-OH is 3. The lowest BCUT2D eigenvalue weighted by molar-refractivity contribution is -0.244. The van der Waals surface area contributed by atoms with Crippen LogP contribution >= 0.6 is 0 Å². The molecule has 0 radical (unpaired) electrons. The second-order valence-corrected chi connectivity index (χ2v) is 3.62. The van der Waals surface area contributed by atoms with E-state index in [-0.39, 0.29) is 19.2 Å². The number of hydrogen-bond acceptors (Lipinski definition) is 5. The Morgan fingerprint density at radius 3 is 2.67 bits per heavy atom. The number of hydrogen-bond donors (Lipinski definition) is 5. The molecule has 1 aliphatic carbocycles. The van der Waals surface area contributed by atoms with Crippen LogP contribution in [0.15, 0.2) is 0 Å². The molecule has 2 rings (SSSR count). The molecule has 70 valence electrons. The molecule has 0 aromatic rings. The van der Waals surface area contributed by atoms with Gasteiger partial charge < -0.3 is 25.7 Å². The third-order valence-corrected chi connectivity index (χ3v) is 3.06. The van der Waals surface area contributed by atoms with E-state index in [0.29, 0.717) is 0 Å². The fourth-order valence-electron chi connectivity index (χ4n) is 2.27. The lowest BCUT2D eigenvalue weighted by atomic mass is 9.64. The summed E-state index contributed by atoms with van der Waals surface area (Å²) in [6.07, 6.45) is -1.99. The van der Waals surface area contributed by atoms with E-state index in [0.717, 1.165) is 0 Å². The number of fused-ring (bicyclic) bond motifs is 1. The van der Waals surface area contributed by atoms with Crippen molar-refractivity contribution in [3.05, 3.63) is 0 Å². The van der Waals surface area contributed by atoms with Gasteiger partial charge in [0.15, 0.2) is 0 Å². The first kappa shape index (κ1) is 8.40. The van der Waals surface area contributed by atoms with Crippen molar-refractivity contribution in [2.24, 2.45) is 5.92 Å². The molecule has 1 heterocycles. The fourth-order valence-corrected chi connectivity index (χ4v) is 2.27. The minimum Gasteiger partial charge on any atom is -0.395 e. The minimum atomic E-state index is -1.23. The third-order valence-electron chi connectivity index (χ3n) is 3.06. The SMILES string of the molecule is OCC1NCC2(O)C(O)C(O)C12. The molecule has 2 aliphatic rings. The number of nitrogens with one attached hydrogen (secondary N) is 1. The molecule has 2 fully saturated rings. The van der Waals surface area contributed by atoms with Crippen molar-refractivity contribution < 1.29 is 20.4 Å². The molecule has 0 spiro atoms. The van der Waals surface area contributed by atoms with Gasteiger partial charge in [-0.1, -0.05) is 0 Å². The van der Waals surface area contributed by atoms with Gasteiger partial charge in [0.05, 0.1) is 12.7 Å². The largest absolute Gasteiger partial charge is 0.395 e. The predicted octanol–water partition coefficient (Wildman–Crippen LogP) is -2.97. The summed E-state index contributed by atoms with van der Waals surface area (Å²) in [6.45, 7) is 0.109. The van der Waals surface area contributed by atoms with Crippen LogP contribution in [0.1, 0.15) is 0 Å².